The van der Waals surface area contributed by atoms with Crippen LogP contribution in [0.15, 0.2) is 21.3 Å². The zero-order valence-electron chi connectivity index (χ0n) is 16.0. The summed E-state index contributed by atoms with van der Waals surface area (Å²) in [5.74, 6) is -0.397. The maximum atomic E-state index is 12.6. The first-order valence-electron chi connectivity index (χ1n) is 9.23. The van der Waals surface area contributed by atoms with Crippen LogP contribution in [0.5, 0.6) is 5.75 Å². The largest absolute Gasteiger partial charge is 0.507 e. The number of aryl methyl sites for hydroxylation is 1. The van der Waals surface area contributed by atoms with Crippen molar-refractivity contribution in [2.75, 3.05) is 6.61 Å². The fourth-order valence-corrected chi connectivity index (χ4v) is 3.71. The monoisotopic (exact) mass is 408 g/mol. The number of hydrogen-bond donors (Lipinski definition) is 5. The highest BCUT2D eigenvalue weighted by Crippen LogP contribution is 2.40. The third-order valence-electron chi connectivity index (χ3n) is 5.11. The molecule has 0 spiro atoms. The minimum absolute atomic E-state index is 0.00832. The van der Waals surface area contributed by atoms with Crippen molar-refractivity contribution in [3.05, 3.63) is 39.2 Å². The maximum Gasteiger partial charge on any atom is 0.193 e. The number of aliphatic hydroxyl groups excluding tert-OH is 4. The molecule has 1 aromatic heterocycles. The summed E-state index contributed by atoms with van der Waals surface area (Å²) in [5, 5.41) is 50.7. The van der Waals surface area contributed by atoms with Crippen molar-refractivity contribution in [1.82, 2.24) is 0 Å². The third kappa shape index (κ3) is 4.05. The number of ketones is 1. The standard InChI is InChI=1S/C20H24O9/c1-8-3-11(23)17(14-6-13(25)18(26)19(27)15(7-21)29-14)20-16(8)12(24)5-10(28-20)4-9(2)22/h3,5,13-15,18-19,21,23,25-27H,4,6-7H2,1-2H3. The molecule has 0 radical (unpaired) electrons. The van der Waals surface area contributed by atoms with E-state index in [1.807, 2.05) is 0 Å². The van der Waals surface area contributed by atoms with Gasteiger partial charge < -0.3 is 34.7 Å². The molecule has 1 aliphatic heterocycles. The van der Waals surface area contributed by atoms with Gasteiger partial charge in [0.2, 0.25) is 0 Å². The van der Waals surface area contributed by atoms with Gasteiger partial charge in [0.05, 0.1) is 36.2 Å². The number of fused-ring (bicyclic) bond motifs is 1. The average Bonchev–Trinajstić information content (AvgIpc) is 2.72. The second kappa shape index (κ2) is 8.21. The van der Waals surface area contributed by atoms with Crippen LogP contribution in [0.3, 0.4) is 0 Å². The number of phenolic OH excluding ortho intramolecular Hbond substituents is 1. The van der Waals surface area contributed by atoms with Gasteiger partial charge in [-0.05, 0) is 25.5 Å². The van der Waals surface area contributed by atoms with Gasteiger partial charge in [-0.15, -0.1) is 0 Å². The first-order chi connectivity index (χ1) is 13.6. The molecule has 2 heterocycles. The smallest absolute Gasteiger partial charge is 0.193 e. The summed E-state index contributed by atoms with van der Waals surface area (Å²) in [5.41, 5.74) is 0.0597. The van der Waals surface area contributed by atoms with Gasteiger partial charge in [-0.3, -0.25) is 9.59 Å². The molecule has 1 saturated heterocycles. The highest BCUT2D eigenvalue weighted by atomic mass is 16.5. The lowest BCUT2D eigenvalue weighted by Gasteiger charge is -2.25. The summed E-state index contributed by atoms with van der Waals surface area (Å²) in [6, 6.07) is 2.56. The molecule has 9 nitrogen and oxygen atoms in total. The van der Waals surface area contributed by atoms with E-state index < -0.39 is 42.6 Å². The first kappa shape index (κ1) is 21.4. The molecule has 5 atom stereocenters. The SMILES string of the molecule is CC(=O)Cc1cc(=O)c2c(C)cc(O)c(C3CC(O)C(O)C(O)C(CO)O3)c2o1. The van der Waals surface area contributed by atoms with E-state index in [0.717, 1.165) is 0 Å². The molecule has 0 saturated carbocycles. The van der Waals surface area contributed by atoms with E-state index in [1.165, 1.54) is 19.1 Å². The zero-order chi connectivity index (χ0) is 21.5. The summed E-state index contributed by atoms with van der Waals surface area (Å²) >= 11 is 0. The van der Waals surface area contributed by atoms with E-state index in [1.54, 1.807) is 6.92 Å². The number of phenols is 1. The van der Waals surface area contributed by atoms with Crippen molar-refractivity contribution in [1.29, 1.82) is 0 Å². The number of aromatic hydroxyl groups is 1. The number of hydrogen-bond acceptors (Lipinski definition) is 9. The Morgan fingerprint density at radius 2 is 1.90 bits per heavy atom. The van der Waals surface area contributed by atoms with Crippen molar-refractivity contribution in [2.45, 2.75) is 57.2 Å². The molecular weight excluding hydrogens is 384 g/mol. The Hall–Kier alpha value is -2.30. The summed E-state index contributed by atoms with van der Waals surface area (Å²) in [4.78, 5) is 24.1. The van der Waals surface area contributed by atoms with Crippen LogP contribution in [0.2, 0.25) is 0 Å². The number of carbonyl (C=O) groups excluding carboxylic acids is 1. The van der Waals surface area contributed by atoms with Gasteiger partial charge in [-0.2, -0.15) is 0 Å². The van der Waals surface area contributed by atoms with Crippen LogP contribution >= 0.6 is 0 Å². The van der Waals surface area contributed by atoms with Crippen molar-refractivity contribution >= 4 is 16.8 Å². The van der Waals surface area contributed by atoms with Gasteiger partial charge in [-0.1, -0.05) is 0 Å². The Morgan fingerprint density at radius 3 is 2.52 bits per heavy atom. The van der Waals surface area contributed by atoms with Crippen molar-refractivity contribution in [2.24, 2.45) is 0 Å². The predicted molar refractivity (Wildman–Crippen MR) is 101 cm³/mol. The number of benzene rings is 1. The fraction of sp³-hybridized carbons (Fsp3) is 0.500. The van der Waals surface area contributed by atoms with E-state index in [9.17, 15) is 35.1 Å². The summed E-state index contributed by atoms with van der Waals surface area (Å²) in [7, 11) is 0. The second-order valence-corrected chi connectivity index (χ2v) is 7.42. The van der Waals surface area contributed by atoms with E-state index in [2.05, 4.69) is 0 Å². The van der Waals surface area contributed by atoms with Gasteiger partial charge >= 0.3 is 0 Å². The topological polar surface area (TPSA) is 158 Å². The molecular formula is C20H24O9. The number of rotatable bonds is 4. The minimum atomic E-state index is -1.57. The lowest BCUT2D eigenvalue weighted by atomic mass is 9.95. The molecule has 3 rings (SSSR count). The molecule has 0 aliphatic carbocycles. The highest BCUT2D eigenvalue weighted by molar-refractivity contribution is 5.86. The number of ether oxygens (including phenoxy) is 1. The van der Waals surface area contributed by atoms with Gasteiger partial charge in [0.25, 0.3) is 0 Å². The molecule has 2 aromatic rings. The first-order valence-corrected chi connectivity index (χ1v) is 9.23. The van der Waals surface area contributed by atoms with E-state index in [-0.39, 0.29) is 46.7 Å². The Bertz CT molecular complexity index is 980. The number of carbonyl (C=O) groups is 1. The molecule has 0 amide bonds. The van der Waals surface area contributed by atoms with Crippen LogP contribution in [-0.2, 0) is 16.0 Å². The average molecular weight is 408 g/mol. The Kier molecular flexibility index (Phi) is 6.06. The summed E-state index contributed by atoms with van der Waals surface area (Å²) in [6.07, 6.45) is -7.25. The van der Waals surface area contributed by atoms with Crippen molar-refractivity contribution in [3.63, 3.8) is 0 Å². The Morgan fingerprint density at radius 1 is 1.21 bits per heavy atom. The third-order valence-corrected chi connectivity index (χ3v) is 5.11. The molecule has 1 fully saturated rings. The number of aliphatic hydroxyl groups is 4. The van der Waals surface area contributed by atoms with Crippen molar-refractivity contribution < 1.29 is 39.5 Å². The molecule has 1 aliphatic rings. The van der Waals surface area contributed by atoms with Crippen LogP contribution in [0.25, 0.3) is 11.0 Å². The minimum Gasteiger partial charge on any atom is -0.507 e. The molecule has 29 heavy (non-hydrogen) atoms. The van der Waals surface area contributed by atoms with E-state index in [0.29, 0.717) is 5.56 Å². The van der Waals surface area contributed by atoms with E-state index in [4.69, 9.17) is 9.15 Å². The molecule has 9 heteroatoms. The number of Topliss-reactive ketones (excluding diaryl/α,β-unsaturated/α-hetero) is 1. The van der Waals surface area contributed by atoms with Crippen LogP contribution in [0, 0.1) is 6.92 Å². The maximum absolute atomic E-state index is 12.6. The fourth-order valence-electron chi connectivity index (χ4n) is 3.71. The van der Waals surface area contributed by atoms with E-state index >= 15 is 0 Å². The predicted octanol–water partition coefficient (Wildman–Crippen LogP) is -0.156. The van der Waals surface area contributed by atoms with Gasteiger partial charge in [0.15, 0.2) is 5.43 Å². The van der Waals surface area contributed by atoms with Crippen LogP contribution in [0.4, 0.5) is 0 Å². The molecule has 158 valence electrons. The summed E-state index contributed by atoms with van der Waals surface area (Å²) in [6.45, 7) is 2.31. The van der Waals surface area contributed by atoms with Crippen LogP contribution in [-0.4, -0.2) is 62.3 Å². The molecule has 5 unspecified atom stereocenters. The zero-order valence-corrected chi connectivity index (χ0v) is 16.0. The van der Waals surface area contributed by atoms with Gasteiger partial charge in [-0.25, -0.2) is 0 Å². The van der Waals surface area contributed by atoms with Crippen LogP contribution < -0.4 is 5.43 Å². The molecule has 1 aromatic carbocycles. The normalized spacial score (nSPS) is 27.7. The van der Waals surface area contributed by atoms with Gasteiger partial charge in [0.1, 0.15) is 41.2 Å². The summed E-state index contributed by atoms with van der Waals surface area (Å²) < 4.78 is 11.4. The van der Waals surface area contributed by atoms with Gasteiger partial charge in [0, 0.05) is 12.5 Å². The second-order valence-electron chi connectivity index (χ2n) is 7.42. The Balaban J connectivity index is 2.23. The lowest BCUT2D eigenvalue weighted by Crippen LogP contribution is -2.44. The lowest BCUT2D eigenvalue weighted by molar-refractivity contribution is -0.119. The Labute approximate surface area is 165 Å². The van der Waals surface area contributed by atoms with Crippen molar-refractivity contribution in [3.8, 4) is 5.75 Å². The molecule has 0 bridgehead atoms. The molecule has 5 N–H and O–H groups in total. The quantitative estimate of drug-likeness (QED) is 0.464. The highest BCUT2D eigenvalue weighted by Gasteiger charge is 2.40. The van der Waals surface area contributed by atoms with Crippen LogP contribution in [0.1, 0.15) is 36.3 Å².